The van der Waals surface area contributed by atoms with E-state index in [9.17, 15) is 4.79 Å². The lowest BCUT2D eigenvalue weighted by molar-refractivity contribution is 0.0942. The molecule has 0 fully saturated rings. The monoisotopic (exact) mass is 436 g/mol. The molecule has 1 amide bonds. The minimum atomic E-state index is -0.272. The Morgan fingerprint density at radius 2 is 2.11 bits per heavy atom. The molecule has 0 saturated heterocycles. The predicted octanol–water partition coefficient (Wildman–Crippen LogP) is 3.25. The lowest BCUT2D eigenvalue weighted by atomic mass is 10.1. The maximum atomic E-state index is 12.6. The van der Waals surface area contributed by atoms with E-state index in [4.69, 9.17) is 28.9 Å². The number of nitrogens with zero attached hydrogens (tertiary/aromatic N) is 3. The van der Waals surface area contributed by atoms with Gasteiger partial charge >= 0.3 is 0 Å². The largest absolute Gasteiger partial charge is 0.357 e. The molecule has 0 unspecified atom stereocenters. The van der Waals surface area contributed by atoms with Gasteiger partial charge in [-0.2, -0.15) is 0 Å². The van der Waals surface area contributed by atoms with Crippen molar-refractivity contribution < 1.29 is 4.79 Å². The normalized spacial score (nSPS) is 11.9. The van der Waals surface area contributed by atoms with Crippen molar-refractivity contribution in [3.05, 3.63) is 57.1 Å². The van der Waals surface area contributed by atoms with Crippen LogP contribution < -0.4 is 16.4 Å². The average Bonchev–Trinajstić information content (AvgIpc) is 3.19. The zero-order chi connectivity index (χ0) is 20.1. The van der Waals surface area contributed by atoms with Gasteiger partial charge in [-0.25, -0.2) is 15.0 Å². The van der Waals surface area contributed by atoms with Crippen LogP contribution in [0.4, 0.5) is 5.95 Å². The summed E-state index contributed by atoms with van der Waals surface area (Å²) >= 11 is 13.4. The molecule has 146 valence electrons. The Morgan fingerprint density at radius 3 is 2.82 bits per heavy atom. The summed E-state index contributed by atoms with van der Waals surface area (Å²) in [5.74, 6) is 0.244. The maximum absolute atomic E-state index is 12.6. The molecule has 0 spiro atoms. The van der Waals surface area contributed by atoms with Crippen LogP contribution in [-0.2, 0) is 6.42 Å². The van der Waals surface area contributed by atoms with Crippen LogP contribution in [0.5, 0.6) is 0 Å². The second-order valence-electron chi connectivity index (χ2n) is 5.89. The number of carbonyl (C=O) groups excluding carboxylic acids is 1. The number of aromatic nitrogens is 3. The van der Waals surface area contributed by atoms with Crippen molar-refractivity contribution in [2.45, 2.75) is 12.5 Å². The molecule has 0 aliphatic carbocycles. The number of anilines is 1. The minimum Gasteiger partial charge on any atom is -0.357 e. The number of benzene rings is 1. The highest BCUT2D eigenvalue weighted by molar-refractivity contribution is 7.16. The summed E-state index contributed by atoms with van der Waals surface area (Å²) in [6, 6.07) is 6.73. The van der Waals surface area contributed by atoms with Gasteiger partial charge in [-0.3, -0.25) is 4.79 Å². The molecule has 7 nitrogen and oxygen atoms in total. The third-order valence-corrected chi connectivity index (χ3v) is 5.53. The summed E-state index contributed by atoms with van der Waals surface area (Å²) < 4.78 is 0. The molecule has 2 heterocycles. The van der Waals surface area contributed by atoms with Crippen molar-refractivity contribution in [2.75, 3.05) is 18.9 Å². The first kappa shape index (κ1) is 20.5. The zero-order valence-corrected chi connectivity index (χ0v) is 17.3. The molecule has 1 atom stereocenters. The number of amides is 1. The van der Waals surface area contributed by atoms with Gasteiger partial charge in [-0.1, -0.05) is 29.3 Å². The van der Waals surface area contributed by atoms with Gasteiger partial charge in [0.05, 0.1) is 6.20 Å². The number of hydrogen-bond acceptors (Lipinski definition) is 7. The summed E-state index contributed by atoms with van der Waals surface area (Å²) in [6.45, 7) is 0.272. The Hall–Kier alpha value is -2.26. The fourth-order valence-corrected chi connectivity index (χ4v) is 3.77. The maximum Gasteiger partial charge on any atom is 0.263 e. The third-order valence-electron chi connectivity index (χ3n) is 3.93. The number of thiazole rings is 1. The van der Waals surface area contributed by atoms with E-state index in [0.29, 0.717) is 38.0 Å². The summed E-state index contributed by atoms with van der Waals surface area (Å²) in [6.07, 6.45) is 3.66. The molecule has 0 aliphatic heterocycles. The quantitative estimate of drug-likeness (QED) is 0.524. The van der Waals surface area contributed by atoms with Gasteiger partial charge in [0, 0.05) is 35.9 Å². The third kappa shape index (κ3) is 4.96. The minimum absolute atomic E-state index is 0.243. The van der Waals surface area contributed by atoms with Crippen LogP contribution in [0.15, 0.2) is 36.7 Å². The van der Waals surface area contributed by atoms with Crippen LogP contribution in [0.2, 0.25) is 10.0 Å². The Balaban J connectivity index is 1.70. The summed E-state index contributed by atoms with van der Waals surface area (Å²) in [5, 5.41) is 7.54. The van der Waals surface area contributed by atoms with Gasteiger partial charge in [0.15, 0.2) is 0 Å². The lowest BCUT2D eigenvalue weighted by Crippen LogP contribution is -2.41. The highest BCUT2D eigenvalue weighted by Crippen LogP contribution is 2.25. The van der Waals surface area contributed by atoms with Crippen LogP contribution in [0.1, 0.15) is 15.2 Å². The fraction of sp³-hybridized carbons (Fsp3) is 0.222. The molecule has 3 aromatic rings. The Labute approximate surface area is 176 Å². The first-order valence-electron chi connectivity index (χ1n) is 8.42. The second-order valence-corrected chi connectivity index (χ2v) is 7.77. The standard InChI is InChI=1S/C18H18Cl2N6OS/c1-22-18-23-5-4-14(26-18)17-24-9-15(28-17)16(27)25-12(8-21)6-10-2-3-11(19)7-13(10)20/h2-5,7,9,12H,6,8,21H2,1H3,(H,25,27)(H,22,23,26)/t12-/m0/s1. The van der Waals surface area contributed by atoms with Gasteiger partial charge in [-0.15, -0.1) is 11.3 Å². The van der Waals surface area contributed by atoms with Crippen molar-refractivity contribution >= 4 is 46.4 Å². The molecule has 0 radical (unpaired) electrons. The van der Waals surface area contributed by atoms with E-state index in [2.05, 4.69) is 25.6 Å². The van der Waals surface area contributed by atoms with E-state index in [-0.39, 0.29) is 18.5 Å². The Morgan fingerprint density at radius 1 is 1.29 bits per heavy atom. The summed E-state index contributed by atoms with van der Waals surface area (Å²) in [7, 11) is 1.74. The number of nitrogens with two attached hydrogens (primary N) is 1. The van der Waals surface area contributed by atoms with E-state index in [1.54, 1.807) is 31.4 Å². The molecular formula is C18H18Cl2N6OS. The van der Waals surface area contributed by atoms with Crippen molar-refractivity contribution in [1.82, 2.24) is 20.3 Å². The molecule has 28 heavy (non-hydrogen) atoms. The van der Waals surface area contributed by atoms with Crippen LogP contribution in [-0.4, -0.2) is 40.5 Å². The Bertz CT molecular complexity index is 980. The molecule has 2 aromatic heterocycles. The van der Waals surface area contributed by atoms with E-state index < -0.39 is 0 Å². The van der Waals surface area contributed by atoms with Crippen LogP contribution in [0.25, 0.3) is 10.7 Å². The highest BCUT2D eigenvalue weighted by Gasteiger charge is 2.18. The lowest BCUT2D eigenvalue weighted by Gasteiger charge is -2.17. The number of hydrogen-bond donors (Lipinski definition) is 3. The van der Waals surface area contributed by atoms with Gasteiger partial charge in [-0.05, 0) is 30.2 Å². The molecule has 0 saturated carbocycles. The SMILES string of the molecule is CNc1nccc(-c2ncc(C(=O)N[C@H](CN)Cc3ccc(Cl)cc3Cl)s2)n1. The number of nitrogens with one attached hydrogen (secondary N) is 2. The number of carbonyl (C=O) groups is 1. The zero-order valence-electron chi connectivity index (χ0n) is 14.9. The molecule has 4 N–H and O–H groups in total. The van der Waals surface area contributed by atoms with Gasteiger partial charge < -0.3 is 16.4 Å². The van der Waals surface area contributed by atoms with E-state index in [0.717, 1.165) is 5.56 Å². The summed E-state index contributed by atoms with van der Waals surface area (Å²) in [4.78, 5) is 25.8. The van der Waals surface area contributed by atoms with Crippen LogP contribution in [0, 0.1) is 0 Å². The molecule has 1 aromatic carbocycles. The fourth-order valence-electron chi connectivity index (χ4n) is 2.50. The van der Waals surface area contributed by atoms with E-state index in [1.807, 2.05) is 6.07 Å². The molecule has 0 aliphatic rings. The molecule has 10 heteroatoms. The summed E-state index contributed by atoms with van der Waals surface area (Å²) in [5.41, 5.74) is 7.35. The van der Waals surface area contributed by atoms with Crippen molar-refractivity contribution in [2.24, 2.45) is 5.73 Å². The molecule has 0 bridgehead atoms. The van der Waals surface area contributed by atoms with Crippen molar-refractivity contribution in [1.29, 1.82) is 0 Å². The highest BCUT2D eigenvalue weighted by atomic mass is 35.5. The molecule has 3 rings (SSSR count). The Kier molecular flexibility index (Phi) is 6.79. The van der Waals surface area contributed by atoms with E-state index >= 15 is 0 Å². The smallest absolute Gasteiger partial charge is 0.263 e. The van der Waals surface area contributed by atoms with E-state index in [1.165, 1.54) is 17.5 Å². The number of rotatable bonds is 7. The first-order valence-corrected chi connectivity index (χ1v) is 9.99. The first-order chi connectivity index (χ1) is 13.5. The van der Waals surface area contributed by atoms with Gasteiger partial charge in [0.25, 0.3) is 5.91 Å². The second kappa shape index (κ2) is 9.29. The molecular weight excluding hydrogens is 419 g/mol. The van der Waals surface area contributed by atoms with Gasteiger partial charge in [0.2, 0.25) is 5.95 Å². The van der Waals surface area contributed by atoms with Crippen LogP contribution in [0.3, 0.4) is 0 Å². The topological polar surface area (TPSA) is 106 Å². The van der Waals surface area contributed by atoms with Crippen molar-refractivity contribution in [3.8, 4) is 10.7 Å². The average molecular weight is 437 g/mol. The van der Waals surface area contributed by atoms with Crippen LogP contribution >= 0.6 is 34.5 Å². The number of halogens is 2. The van der Waals surface area contributed by atoms with Gasteiger partial charge in [0.1, 0.15) is 15.6 Å². The van der Waals surface area contributed by atoms with Crippen molar-refractivity contribution in [3.63, 3.8) is 0 Å². The predicted molar refractivity (Wildman–Crippen MR) is 113 cm³/mol.